The standard InChI is InChI=1S/C27H29ClN6O3/c1-17-13-20(8-10-23(17)37-21-9-7-18(2)30-14-21)33-26-25-22(31-16-32-26)5-4-6-24(25)36-19(3)15-34(12-11-28)27(29)35/h4-10,13-14,16,19H,11-12,15H2,1-3H3,(H2,29,35)(H,31,32,33)/t19-/m1/s1. The molecule has 3 N–H and O–H groups in total. The fourth-order valence-corrected chi connectivity index (χ4v) is 4.05. The van der Waals surface area contributed by atoms with E-state index in [4.69, 9.17) is 26.8 Å². The summed E-state index contributed by atoms with van der Waals surface area (Å²) in [6.07, 6.45) is 2.86. The van der Waals surface area contributed by atoms with Crippen LogP contribution in [-0.2, 0) is 0 Å². The third-order valence-corrected chi connectivity index (χ3v) is 5.82. The average molecular weight is 521 g/mol. The summed E-state index contributed by atoms with van der Waals surface area (Å²) >= 11 is 5.80. The Labute approximate surface area is 220 Å². The van der Waals surface area contributed by atoms with E-state index in [1.54, 1.807) is 6.20 Å². The second-order valence-corrected chi connectivity index (χ2v) is 8.99. The molecule has 192 valence electrons. The minimum atomic E-state index is -0.541. The van der Waals surface area contributed by atoms with Crippen LogP contribution in [0.15, 0.2) is 61.1 Å². The highest BCUT2D eigenvalue weighted by Gasteiger charge is 2.17. The van der Waals surface area contributed by atoms with Crippen molar-refractivity contribution >= 4 is 40.0 Å². The average Bonchev–Trinajstić information content (AvgIpc) is 2.87. The van der Waals surface area contributed by atoms with Gasteiger partial charge in [-0.05, 0) is 68.8 Å². The second kappa shape index (κ2) is 11.7. The van der Waals surface area contributed by atoms with Gasteiger partial charge in [-0.1, -0.05) is 6.07 Å². The van der Waals surface area contributed by atoms with Crippen molar-refractivity contribution in [2.24, 2.45) is 5.73 Å². The van der Waals surface area contributed by atoms with Crippen molar-refractivity contribution in [2.75, 3.05) is 24.3 Å². The van der Waals surface area contributed by atoms with Crippen molar-refractivity contribution in [2.45, 2.75) is 26.9 Å². The number of primary amides is 1. The maximum Gasteiger partial charge on any atom is 0.314 e. The Morgan fingerprint density at radius 3 is 2.65 bits per heavy atom. The molecule has 9 nitrogen and oxygen atoms in total. The van der Waals surface area contributed by atoms with Gasteiger partial charge in [0.15, 0.2) is 0 Å². The van der Waals surface area contributed by atoms with Gasteiger partial charge in [-0.15, -0.1) is 11.6 Å². The molecule has 0 aliphatic carbocycles. The number of ether oxygens (including phenoxy) is 2. The number of fused-ring (bicyclic) bond motifs is 1. The van der Waals surface area contributed by atoms with Crippen LogP contribution in [0.1, 0.15) is 18.2 Å². The molecule has 0 aliphatic heterocycles. The topological polar surface area (TPSA) is 115 Å². The van der Waals surface area contributed by atoms with E-state index >= 15 is 0 Å². The maximum absolute atomic E-state index is 11.7. The fraction of sp³-hybridized carbons (Fsp3) is 0.259. The summed E-state index contributed by atoms with van der Waals surface area (Å²) in [5.41, 5.74) is 8.89. The number of alkyl halides is 1. The van der Waals surface area contributed by atoms with Crippen molar-refractivity contribution in [3.05, 3.63) is 72.3 Å². The predicted octanol–water partition coefficient (Wildman–Crippen LogP) is 5.56. The number of urea groups is 1. The van der Waals surface area contributed by atoms with E-state index < -0.39 is 6.03 Å². The number of aryl methyl sites for hydroxylation is 2. The molecule has 2 aromatic heterocycles. The summed E-state index contributed by atoms with van der Waals surface area (Å²) in [6, 6.07) is 14.7. The van der Waals surface area contributed by atoms with Crippen LogP contribution in [0.4, 0.5) is 16.3 Å². The number of rotatable bonds is 10. The minimum absolute atomic E-state index is 0.289. The van der Waals surface area contributed by atoms with Crippen LogP contribution in [0.5, 0.6) is 17.2 Å². The van der Waals surface area contributed by atoms with E-state index in [1.165, 1.54) is 11.2 Å². The number of nitrogens with zero attached hydrogens (tertiary/aromatic N) is 4. The Balaban J connectivity index is 1.56. The second-order valence-electron chi connectivity index (χ2n) is 8.62. The Kier molecular flexibility index (Phi) is 8.25. The number of amides is 2. The smallest absolute Gasteiger partial charge is 0.314 e. The summed E-state index contributed by atoms with van der Waals surface area (Å²) in [6.45, 7) is 6.41. The molecule has 0 fully saturated rings. The molecule has 2 aromatic carbocycles. The van der Waals surface area contributed by atoms with Crippen LogP contribution in [0.3, 0.4) is 0 Å². The van der Waals surface area contributed by atoms with Gasteiger partial charge in [-0.2, -0.15) is 0 Å². The summed E-state index contributed by atoms with van der Waals surface area (Å²) in [5, 5.41) is 4.10. The zero-order valence-electron chi connectivity index (χ0n) is 20.9. The molecule has 10 heteroatoms. The van der Waals surface area contributed by atoms with Crippen molar-refractivity contribution in [1.29, 1.82) is 0 Å². The molecular formula is C27H29ClN6O3. The number of hydrogen-bond acceptors (Lipinski definition) is 7. The van der Waals surface area contributed by atoms with Crippen LogP contribution >= 0.6 is 11.6 Å². The van der Waals surface area contributed by atoms with E-state index in [-0.39, 0.29) is 12.0 Å². The first-order chi connectivity index (χ1) is 17.8. The van der Waals surface area contributed by atoms with Gasteiger partial charge in [0.1, 0.15) is 35.5 Å². The first kappa shape index (κ1) is 26.0. The normalized spacial score (nSPS) is 11.7. The molecule has 0 radical (unpaired) electrons. The van der Waals surface area contributed by atoms with Gasteiger partial charge < -0.3 is 25.4 Å². The molecule has 2 heterocycles. The van der Waals surface area contributed by atoms with Gasteiger partial charge in [0.25, 0.3) is 0 Å². The largest absolute Gasteiger partial charge is 0.488 e. The van der Waals surface area contributed by atoms with E-state index in [1.807, 2.05) is 69.3 Å². The first-order valence-electron chi connectivity index (χ1n) is 11.8. The molecule has 0 aliphatic rings. The molecule has 0 bridgehead atoms. The highest BCUT2D eigenvalue weighted by Crippen LogP contribution is 2.34. The van der Waals surface area contributed by atoms with Gasteiger partial charge in [-0.25, -0.2) is 14.8 Å². The summed E-state index contributed by atoms with van der Waals surface area (Å²) in [7, 11) is 0. The molecule has 0 saturated carbocycles. The number of anilines is 2. The fourth-order valence-electron chi connectivity index (χ4n) is 3.85. The lowest BCUT2D eigenvalue weighted by Crippen LogP contribution is -2.42. The monoisotopic (exact) mass is 520 g/mol. The molecule has 0 spiro atoms. The van der Waals surface area contributed by atoms with Crippen molar-refractivity contribution < 1.29 is 14.3 Å². The van der Waals surface area contributed by atoms with E-state index in [0.717, 1.165) is 33.6 Å². The van der Waals surface area contributed by atoms with Crippen LogP contribution in [0, 0.1) is 13.8 Å². The summed E-state index contributed by atoms with van der Waals surface area (Å²) < 4.78 is 12.2. The number of benzene rings is 2. The highest BCUT2D eigenvalue weighted by atomic mass is 35.5. The van der Waals surface area contributed by atoms with Crippen molar-refractivity contribution in [1.82, 2.24) is 19.9 Å². The lowest BCUT2D eigenvalue weighted by molar-refractivity contribution is 0.157. The van der Waals surface area contributed by atoms with E-state index in [0.29, 0.717) is 30.4 Å². The number of aromatic nitrogens is 3. The minimum Gasteiger partial charge on any atom is -0.488 e. The predicted molar refractivity (Wildman–Crippen MR) is 145 cm³/mol. The number of nitrogens with one attached hydrogen (secondary N) is 1. The molecule has 4 rings (SSSR count). The quantitative estimate of drug-likeness (QED) is 0.263. The first-order valence-corrected chi connectivity index (χ1v) is 12.4. The molecule has 4 aromatic rings. The number of pyridine rings is 1. The molecule has 0 unspecified atom stereocenters. The Bertz CT molecular complexity index is 1380. The van der Waals surface area contributed by atoms with Gasteiger partial charge in [0.2, 0.25) is 0 Å². The highest BCUT2D eigenvalue weighted by molar-refractivity contribution is 6.18. The van der Waals surface area contributed by atoms with Gasteiger partial charge in [0, 0.05) is 23.8 Å². The zero-order valence-corrected chi connectivity index (χ0v) is 21.7. The van der Waals surface area contributed by atoms with Crippen molar-refractivity contribution in [3.63, 3.8) is 0 Å². The van der Waals surface area contributed by atoms with E-state index in [9.17, 15) is 4.79 Å². The van der Waals surface area contributed by atoms with Gasteiger partial charge in [-0.3, -0.25) is 4.98 Å². The van der Waals surface area contributed by atoms with Gasteiger partial charge >= 0.3 is 6.03 Å². The third kappa shape index (κ3) is 6.56. The van der Waals surface area contributed by atoms with Crippen LogP contribution in [-0.4, -0.2) is 51.0 Å². The molecular weight excluding hydrogens is 492 g/mol. The molecule has 1 atom stereocenters. The SMILES string of the molecule is Cc1ccc(Oc2ccc(Nc3ncnc4cccc(O[C@H](C)CN(CCCl)C(N)=O)c34)cc2C)cn1. The van der Waals surface area contributed by atoms with Crippen LogP contribution < -0.4 is 20.5 Å². The summed E-state index contributed by atoms with van der Waals surface area (Å²) in [5.74, 6) is 2.88. The molecule has 37 heavy (non-hydrogen) atoms. The Morgan fingerprint density at radius 1 is 1.11 bits per heavy atom. The number of hydrogen-bond donors (Lipinski definition) is 2. The van der Waals surface area contributed by atoms with Crippen LogP contribution in [0.25, 0.3) is 10.9 Å². The Hall–Kier alpha value is -4.11. The third-order valence-electron chi connectivity index (χ3n) is 5.65. The van der Waals surface area contributed by atoms with Gasteiger partial charge in [0.05, 0.1) is 23.6 Å². The summed E-state index contributed by atoms with van der Waals surface area (Å²) in [4.78, 5) is 26.3. The van der Waals surface area contributed by atoms with E-state index in [2.05, 4.69) is 20.3 Å². The van der Waals surface area contributed by atoms with Crippen molar-refractivity contribution in [3.8, 4) is 17.2 Å². The maximum atomic E-state index is 11.7. The lowest BCUT2D eigenvalue weighted by Gasteiger charge is -2.24. The number of carbonyl (C=O) groups is 1. The lowest BCUT2D eigenvalue weighted by atomic mass is 10.1. The zero-order chi connectivity index (χ0) is 26.4. The number of halogens is 1. The Morgan fingerprint density at radius 2 is 1.95 bits per heavy atom. The van der Waals surface area contributed by atoms with Crippen LogP contribution in [0.2, 0.25) is 0 Å². The number of carbonyl (C=O) groups excluding carboxylic acids is 1. The molecule has 0 saturated heterocycles. The number of nitrogens with two attached hydrogens (primary N) is 1. The molecule has 2 amide bonds.